The number of ether oxygens (including phenoxy) is 3. The normalized spacial score (nSPS) is 10.2. The van der Waals surface area contributed by atoms with Crippen LogP contribution in [-0.2, 0) is 15.2 Å². The lowest BCUT2D eigenvalue weighted by atomic mass is 10.0. The molecule has 1 N–H and O–H groups in total. The van der Waals surface area contributed by atoms with E-state index >= 15 is 0 Å². The molecule has 0 aliphatic rings. The molecular weight excluding hydrogens is 388 g/mol. The molecular formula is C23H26O5S. The van der Waals surface area contributed by atoms with E-state index in [4.69, 9.17) is 19.3 Å². The molecule has 154 valence electrons. The predicted octanol–water partition coefficient (Wildman–Crippen LogP) is 4.26. The zero-order valence-corrected chi connectivity index (χ0v) is 17.6. The summed E-state index contributed by atoms with van der Waals surface area (Å²) in [6.45, 7) is 2.28. The Kier molecular flexibility index (Phi) is 10.1. The van der Waals surface area contributed by atoms with Crippen LogP contribution in [-0.4, -0.2) is 38.2 Å². The maximum atomic E-state index is 12.9. The number of carbonyl (C=O) groups excluding carboxylic acids is 1. The van der Waals surface area contributed by atoms with Crippen LogP contribution in [0.1, 0.15) is 41.3 Å². The molecule has 0 aromatic heterocycles. The van der Waals surface area contributed by atoms with Crippen molar-refractivity contribution in [2.75, 3.05) is 27.1 Å². The number of hydrogen-bond donors (Lipinski definition) is 1. The van der Waals surface area contributed by atoms with Crippen molar-refractivity contribution >= 4 is 17.7 Å². The summed E-state index contributed by atoms with van der Waals surface area (Å²) in [6.07, 6.45) is 1.09. The predicted molar refractivity (Wildman–Crippen MR) is 114 cm³/mol. The van der Waals surface area contributed by atoms with Gasteiger partial charge >= 0.3 is 5.97 Å². The van der Waals surface area contributed by atoms with Gasteiger partial charge in [0.1, 0.15) is 11.3 Å². The first-order valence-electron chi connectivity index (χ1n) is 9.43. The third kappa shape index (κ3) is 7.13. The lowest BCUT2D eigenvalue weighted by Crippen LogP contribution is -2.13. The molecule has 0 spiro atoms. The average Bonchev–Trinajstić information content (AvgIpc) is 2.75. The Morgan fingerprint density at radius 2 is 1.97 bits per heavy atom. The number of esters is 1. The molecule has 5 nitrogen and oxygen atoms in total. The molecule has 0 aliphatic carbocycles. The number of hydrogen-bond acceptors (Lipinski definition) is 6. The van der Waals surface area contributed by atoms with Crippen LogP contribution in [0.3, 0.4) is 0 Å². The van der Waals surface area contributed by atoms with E-state index in [-0.39, 0.29) is 13.4 Å². The van der Waals surface area contributed by atoms with Crippen LogP contribution in [0.15, 0.2) is 47.4 Å². The topological polar surface area (TPSA) is 65.0 Å². The molecule has 0 atom stereocenters. The number of carbonyl (C=O) groups is 1. The summed E-state index contributed by atoms with van der Waals surface area (Å²) in [6, 6.07) is 13.5. The molecule has 0 heterocycles. The summed E-state index contributed by atoms with van der Waals surface area (Å²) in [7, 11) is 1.52. The maximum absolute atomic E-state index is 12.9. The number of methoxy groups -OCH3 is 1. The summed E-state index contributed by atoms with van der Waals surface area (Å²) in [5.41, 5.74) is 1.84. The molecule has 6 heteroatoms. The van der Waals surface area contributed by atoms with Gasteiger partial charge in [-0.05, 0) is 36.2 Å². The van der Waals surface area contributed by atoms with E-state index in [9.17, 15) is 4.79 Å². The fraction of sp³-hybridized carbons (Fsp3) is 0.348. The standard InChI is InChI=1S/C23H26O5S/c1-3-15-27-23(25)22-20(16-29-19-10-5-4-6-11-19)18(9-7-8-14-24)12-13-21(22)28-17-26-2/h4-6,10-13,24H,3,8,14-17H2,1-2H3. The molecule has 0 amide bonds. The van der Waals surface area contributed by atoms with E-state index in [1.807, 2.05) is 43.3 Å². The van der Waals surface area contributed by atoms with Crippen LogP contribution in [0.2, 0.25) is 0 Å². The van der Waals surface area contributed by atoms with Crippen molar-refractivity contribution in [2.45, 2.75) is 30.4 Å². The Balaban J connectivity index is 2.47. The maximum Gasteiger partial charge on any atom is 0.342 e. The summed E-state index contributed by atoms with van der Waals surface area (Å²) >= 11 is 1.60. The van der Waals surface area contributed by atoms with Crippen LogP contribution < -0.4 is 4.74 Å². The van der Waals surface area contributed by atoms with E-state index in [1.165, 1.54) is 7.11 Å². The van der Waals surface area contributed by atoms with Gasteiger partial charge in [0.25, 0.3) is 0 Å². The van der Waals surface area contributed by atoms with Crippen LogP contribution in [0.25, 0.3) is 0 Å². The SMILES string of the molecule is CCCOC(=O)c1c(OCOC)ccc(C#CCCO)c1CSc1ccccc1. The van der Waals surface area contributed by atoms with Gasteiger partial charge in [-0.2, -0.15) is 0 Å². The zero-order chi connectivity index (χ0) is 20.9. The highest BCUT2D eigenvalue weighted by molar-refractivity contribution is 7.98. The van der Waals surface area contributed by atoms with Crippen molar-refractivity contribution in [2.24, 2.45) is 0 Å². The van der Waals surface area contributed by atoms with Crippen molar-refractivity contribution in [3.8, 4) is 17.6 Å². The molecule has 0 saturated carbocycles. The van der Waals surface area contributed by atoms with Gasteiger partial charge in [-0.1, -0.05) is 37.0 Å². The lowest BCUT2D eigenvalue weighted by Gasteiger charge is -2.16. The smallest absolute Gasteiger partial charge is 0.342 e. The quantitative estimate of drug-likeness (QED) is 0.271. The molecule has 2 aromatic carbocycles. The average molecular weight is 415 g/mol. The van der Waals surface area contributed by atoms with E-state index in [2.05, 4.69) is 11.8 Å². The van der Waals surface area contributed by atoms with Gasteiger partial charge in [0.2, 0.25) is 0 Å². The fourth-order valence-electron chi connectivity index (χ4n) is 2.51. The minimum absolute atomic E-state index is 0.0124. The van der Waals surface area contributed by atoms with Crippen LogP contribution in [0.5, 0.6) is 5.75 Å². The number of aliphatic hydroxyl groups is 1. The largest absolute Gasteiger partial charge is 0.467 e. The molecule has 2 aromatic rings. The summed E-state index contributed by atoms with van der Waals surface area (Å²) in [5.74, 6) is 6.49. The van der Waals surface area contributed by atoms with Crippen LogP contribution >= 0.6 is 11.8 Å². The number of aliphatic hydroxyl groups excluding tert-OH is 1. The van der Waals surface area contributed by atoms with Crippen molar-refractivity contribution in [1.82, 2.24) is 0 Å². The molecule has 29 heavy (non-hydrogen) atoms. The first kappa shape index (κ1) is 22.8. The van der Waals surface area contributed by atoms with Gasteiger partial charge in [0.05, 0.1) is 13.2 Å². The Labute approximate surface area is 176 Å². The highest BCUT2D eigenvalue weighted by Gasteiger charge is 2.22. The third-order valence-corrected chi connectivity index (χ3v) is 4.87. The third-order valence-electron chi connectivity index (χ3n) is 3.83. The molecule has 0 fully saturated rings. The Hall–Kier alpha value is -2.46. The van der Waals surface area contributed by atoms with E-state index in [0.717, 1.165) is 22.4 Å². The minimum atomic E-state index is -0.438. The lowest BCUT2D eigenvalue weighted by molar-refractivity contribution is 0.0426. The molecule has 0 unspecified atom stereocenters. The monoisotopic (exact) mass is 414 g/mol. The summed E-state index contributed by atoms with van der Waals surface area (Å²) in [4.78, 5) is 13.9. The van der Waals surface area contributed by atoms with Crippen LogP contribution in [0.4, 0.5) is 0 Å². The fourth-order valence-corrected chi connectivity index (χ4v) is 3.47. The number of rotatable bonds is 10. The second kappa shape index (κ2) is 12.9. The summed E-state index contributed by atoms with van der Waals surface area (Å²) < 4.78 is 16.1. The van der Waals surface area contributed by atoms with Gasteiger partial charge < -0.3 is 19.3 Å². The van der Waals surface area contributed by atoms with Gasteiger partial charge in [0, 0.05) is 29.7 Å². The molecule has 0 aliphatic heterocycles. The Bertz CT molecular complexity index is 840. The molecule has 0 saturated heterocycles. The molecule has 0 bridgehead atoms. The highest BCUT2D eigenvalue weighted by atomic mass is 32.2. The van der Waals surface area contributed by atoms with E-state index in [0.29, 0.717) is 30.1 Å². The second-order valence-electron chi connectivity index (χ2n) is 6.03. The van der Waals surface area contributed by atoms with Gasteiger partial charge in [-0.15, -0.1) is 11.8 Å². The Morgan fingerprint density at radius 3 is 2.66 bits per heavy atom. The van der Waals surface area contributed by atoms with Crippen LogP contribution in [0, 0.1) is 11.8 Å². The van der Waals surface area contributed by atoms with E-state index < -0.39 is 5.97 Å². The molecule has 2 rings (SSSR count). The van der Waals surface area contributed by atoms with Gasteiger partial charge in [-0.25, -0.2) is 4.79 Å². The van der Waals surface area contributed by atoms with Crippen molar-refractivity contribution in [3.63, 3.8) is 0 Å². The zero-order valence-electron chi connectivity index (χ0n) is 16.8. The molecule has 0 radical (unpaired) electrons. The van der Waals surface area contributed by atoms with Gasteiger partial charge in [0.15, 0.2) is 6.79 Å². The first-order chi connectivity index (χ1) is 14.2. The number of benzene rings is 2. The highest BCUT2D eigenvalue weighted by Crippen LogP contribution is 2.32. The second-order valence-corrected chi connectivity index (χ2v) is 7.08. The van der Waals surface area contributed by atoms with Crippen molar-refractivity contribution in [3.05, 3.63) is 59.2 Å². The van der Waals surface area contributed by atoms with Gasteiger partial charge in [-0.3, -0.25) is 0 Å². The van der Waals surface area contributed by atoms with E-state index in [1.54, 1.807) is 17.8 Å². The van der Waals surface area contributed by atoms with Crippen molar-refractivity contribution in [1.29, 1.82) is 0 Å². The number of thioether (sulfide) groups is 1. The first-order valence-corrected chi connectivity index (χ1v) is 10.4. The Morgan fingerprint density at radius 1 is 1.17 bits per heavy atom. The minimum Gasteiger partial charge on any atom is -0.467 e. The van der Waals surface area contributed by atoms with Crippen molar-refractivity contribution < 1.29 is 24.1 Å². The summed E-state index contributed by atoms with van der Waals surface area (Å²) in [5, 5.41) is 9.03.